The van der Waals surface area contributed by atoms with Gasteiger partial charge in [-0.3, -0.25) is 9.36 Å². The number of nitrogens with one attached hydrogen (secondary N) is 1. The molecule has 2 aromatic rings. The van der Waals surface area contributed by atoms with Crippen molar-refractivity contribution in [3.8, 4) is 5.75 Å². The molecule has 11 heteroatoms. The zero-order valence-electron chi connectivity index (χ0n) is 15.6. The van der Waals surface area contributed by atoms with Crippen molar-refractivity contribution in [1.82, 2.24) is 20.1 Å². The molecular weight excluding hydrogens is 419 g/mol. The minimum absolute atomic E-state index is 0.0130. The van der Waals surface area contributed by atoms with E-state index >= 15 is 0 Å². The quantitative estimate of drug-likeness (QED) is 0.466. The number of carbonyl (C=O) groups excluding carboxylic acids is 1. The predicted molar refractivity (Wildman–Crippen MR) is 107 cm³/mol. The lowest BCUT2D eigenvalue weighted by Crippen LogP contribution is -2.36. The first-order valence-corrected chi connectivity index (χ1v) is 11.7. The van der Waals surface area contributed by atoms with Gasteiger partial charge in [-0.1, -0.05) is 17.8 Å². The van der Waals surface area contributed by atoms with Crippen molar-refractivity contribution >= 4 is 27.5 Å². The minimum atomic E-state index is -3.04. The van der Waals surface area contributed by atoms with E-state index < -0.39 is 9.84 Å². The molecule has 0 spiro atoms. The summed E-state index contributed by atoms with van der Waals surface area (Å²) in [6.45, 7) is 4.27. The van der Waals surface area contributed by atoms with Crippen molar-refractivity contribution in [1.29, 1.82) is 0 Å². The van der Waals surface area contributed by atoms with Crippen molar-refractivity contribution in [2.75, 3.05) is 17.3 Å². The van der Waals surface area contributed by atoms with Crippen LogP contribution >= 0.6 is 11.8 Å². The van der Waals surface area contributed by atoms with Crippen LogP contribution in [0.1, 0.15) is 12.2 Å². The first-order chi connectivity index (χ1) is 13.9. The Bertz CT molecular complexity index is 976. The molecular formula is C18H21FN4O4S2. The first kappa shape index (κ1) is 21.3. The summed E-state index contributed by atoms with van der Waals surface area (Å²) in [5.74, 6) is 0.620. The van der Waals surface area contributed by atoms with Crippen LogP contribution in [-0.4, -0.2) is 52.4 Å². The molecule has 156 valence electrons. The molecule has 1 aliphatic heterocycles. The lowest BCUT2D eigenvalue weighted by molar-refractivity contribution is -0.119. The Hall–Kier alpha value is -2.40. The first-order valence-electron chi connectivity index (χ1n) is 8.90. The highest BCUT2D eigenvalue weighted by molar-refractivity contribution is 7.99. The fourth-order valence-corrected chi connectivity index (χ4v) is 5.28. The molecule has 1 amide bonds. The molecule has 29 heavy (non-hydrogen) atoms. The van der Waals surface area contributed by atoms with Crippen LogP contribution in [-0.2, 0) is 27.8 Å². The van der Waals surface area contributed by atoms with Crippen molar-refractivity contribution in [3.63, 3.8) is 0 Å². The number of rotatable bonds is 9. The Morgan fingerprint density at radius 3 is 2.79 bits per heavy atom. The summed E-state index contributed by atoms with van der Waals surface area (Å²) in [4.78, 5) is 12.1. The Morgan fingerprint density at radius 1 is 1.38 bits per heavy atom. The van der Waals surface area contributed by atoms with E-state index in [9.17, 15) is 17.6 Å². The van der Waals surface area contributed by atoms with E-state index in [4.69, 9.17) is 4.74 Å². The van der Waals surface area contributed by atoms with Gasteiger partial charge in [0.2, 0.25) is 5.91 Å². The lowest BCUT2D eigenvalue weighted by atomic mass is 10.3. The molecule has 1 atom stereocenters. The van der Waals surface area contributed by atoms with E-state index in [1.165, 1.54) is 36.0 Å². The molecule has 0 aliphatic carbocycles. The van der Waals surface area contributed by atoms with Gasteiger partial charge in [-0.05, 0) is 30.7 Å². The maximum Gasteiger partial charge on any atom is 0.230 e. The number of amides is 1. The molecule has 0 saturated carbocycles. The number of benzene rings is 1. The van der Waals surface area contributed by atoms with Crippen LogP contribution in [0.25, 0.3) is 0 Å². The van der Waals surface area contributed by atoms with Gasteiger partial charge in [-0.15, -0.1) is 16.8 Å². The number of halogens is 1. The molecule has 0 unspecified atom stereocenters. The third kappa shape index (κ3) is 6.04. The highest BCUT2D eigenvalue weighted by Crippen LogP contribution is 2.19. The smallest absolute Gasteiger partial charge is 0.230 e. The largest absolute Gasteiger partial charge is 0.486 e. The normalized spacial score (nSPS) is 17.8. The van der Waals surface area contributed by atoms with E-state index in [2.05, 4.69) is 22.1 Å². The topological polar surface area (TPSA) is 103 Å². The second kappa shape index (κ2) is 9.40. The van der Waals surface area contributed by atoms with Crippen molar-refractivity contribution in [3.05, 3.63) is 48.6 Å². The highest BCUT2D eigenvalue weighted by Gasteiger charge is 2.29. The molecule has 2 heterocycles. The molecule has 1 aliphatic rings. The van der Waals surface area contributed by atoms with E-state index in [0.717, 1.165) is 0 Å². The molecule has 1 aromatic carbocycles. The van der Waals surface area contributed by atoms with Gasteiger partial charge in [-0.25, -0.2) is 12.8 Å². The van der Waals surface area contributed by atoms with E-state index in [1.807, 2.05) is 0 Å². The predicted octanol–water partition coefficient (Wildman–Crippen LogP) is 1.58. The number of hydrogen-bond acceptors (Lipinski definition) is 7. The SMILES string of the molecule is C=CCn1c(COc2ccc(F)cc2)nnc1SCC(=O)N[C@@H]1CCS(=O)(=O)C1. The zero-order valence-corrected chi connectivity index (χ0v) is 17.2. The molecule has 1 saturated heterocycles. The number of aromatic nitrogens is 3. The number of nitrogens with zero attached hydrogens (tertiary/aromatic N) is 3. The van der Waals surface area contributed by atoms with E-state index in [1.54, 1.807) is 10.6 Å². The molecule has 0 radical (unpaired) electrons. The number of allylic oxidation sites excluding steroid dienone is 1. The summed E-state index contributed by atoms with van der Waals surface area (Å²) in [5.41, 5.74) is 0. The van der Waals surface area contributed by atoms with Gasteiger partial charge in [0.1, 0.15) is 18.2 Å². The average molecular weight is 441 g/mol. The summed E-state index contributed by atoms with van der Waals surface area (Å²) in [6.07, 6.45) is 2.12. The summed E-state index contributed by atoms with van der Waals surface area (Å²) in [5, 5.41) is 11.5. The van der Waals surface area contributed by atoms with E-state index in [-0.39, 0.29) is 41.6 Å². The second-order valence-electron chi connectivity index (χ2n) is 6.50. The number of hydrogen-bond donors (Lipinski definition) is 1. The number of sulfone groups is 1. The molecule has 3 rings (SSSR count). The third-order valence-electron chi connectivity index (χ3n) is 4.22. The van der Waals surface area contributed by atoms with Crippen molar-refractivity contribution in [2.24, 2.45) is 0 Å². The summed E-state index contributed by atoms with van der Waals surface area (Å²) >= 11 is 1.20. The van der Waals surface area contributed by atoms with Crippen molar-refractivity contribution in [2.45, 2.75) is 30.8 Å². The fourth-order valence-electron chi connectivity index (χ4n) is 2.83. The van der Waals surface area contributed by atoms with Gasteiger partial charge in [-0.2, -0.15) is 0 Å². The Labute approximate surface area is 172 Å². The molecule has 1 N–H and O–H groups in total. The second-order valence-corrected chi connectivity index (χ2v) is 9.67. The lowest BCUT2D eigenvalue weighted by Gasteiger charge is -2.11. The highest BCUT2D eigenvalue weighted by atomic mass is 32.2. The summed E-state index contributed by atoms with van der Waals surface area (Å²) in [6, 6.07) is 5.32. The average Bonchev–Trinajstić information content (AvgIpc) is 3.22. The molecule has 8 nitrogen and oxygen atoms in total. The van der Waals surface area contributed by atoms with Gasteiger partial charge >= 0.3 is 0 Å². The Kier molecular flexibility index (Phi) is 6.91. The summed E-state index contributed by atoms with van der Waals surface area (Å²) < 4.78 is 43.3. The van der Waals surface area contributed by atoms with Crippen LogP contribution in [0.4, 0.5) is 4.39 Å². The minimum Gasteiger partial charge on any atom is -0.486 e. The van der Waals surface area contributed by atoms with Crippen LogP contribution in [0.5, 0.6) is 5.75 Å². The van der Waals surface area contributed by atoms with Crippen LogP contribution < -0.4 is 10.1 Å². The van der Waals surface area contributed by atoms with E-state index in [0.29, 0.717) is 29.7 Å². The standard InChI is InChI=1S/C18H21FN4O4S2/c1-2-8-23-16(10-27-15-5-3-13(19)4-6-15)21-22-18(23)28-11-17(24)20-14-7-9-29(25,26)12-14/h2-6,14H,1,7-12H2,(H,20,24)/t14-/m1/s1. The Morgan fingerprint density at radius 2 is 2.14 bits per heavy atom. The number of carbonyl (C=O) groups is 1. The van der Waals surface area contributed by atoms with Gasteiger partial charge in [0.05, 0.1) is 17.3 Å². The fraction of sp³-hybridized carbons (Fsp3) is 0.389. The zero-order chi connectivity index (χ0) is 20.9. The van der Waals surface area contributed by atoms with Crippen molar-refractivity contribution < 1.29 is 22.3 Å². The van der Waals surface area contributed by atoms with Gasteiger partial charge in [0, 0.05) is 12.6 Å². The monoisotopic (exact) mass is 440 g/mol. The molecule has 0 bridgehead atoms. The van der Waals surface area contributed by atoms with Crippen LogP contribution in [0, 0.1) is 5.82 Å². The number of thioether (sulfide) groups is 1. The van der Waals surface area contributed by atoms with Gasteiger partial charge in [0.25, 0.3) is 0 Å². The summed E-state index contributed by atoms with van der Waals surface area (Å²) in [7, 11) is -3.04. The van der Waals surface area contributed by atoms with Gasteiger partial charge < -0.3 is 10.1 Å². The maximum absolute atomic E-state index is 13.0. The Balaban J connectivity index is 1.57. The van der Waals surface area contributed by atoms with Crippen LogP contribution in [0.3, 0.4) is 0 Å². The third-order valence-corrected chi connectivity index (χ3v) is 6.95. The van der Waals surface area contributed by atoms with Crippen LogP contribution in [0.2, 0.25) is 0 Å². The molecule has 1 aromatic heterocycles. The molecule has 1 fully saturated rings. The van der Waals surface area contributed by atoms with Crippen LogP contribution in [0.15, 0.2) is 42.1 Å². The van der Waals surface area contributed by atoms with Gasteiger partial charge in [0.15, 0.2) is 20.8 Å². The maximum atomic E-state index is 13.0. The number of ether oxygens (including phenoxy) is 1.